The molecule has 0 bridgehead atoms. The molecule has 0 saturated heterocycles. The van der Waals surface area contributed by atoms with Crippen molar-refractivity contribution < 1.29 is 4.79 Å². The quantitative estimate of drug-likeness (QED) is 0.761. The Hall–Kier alpha value is -1.86. The smallest absolute Gasteiger partial charge is 0.320 e. The maximum atomic E-state index is 12.8. The van der Waals surface area contributed by atoms with Gasteiger partial charge in [-0.1, -0.05) is 42.5 Å². The lowest BCUT2D eigenvalue weighted by molar-refractivity contribution is 0.157. The molecule has 0 radical (unpaired) electrons. The summed E-state index contributed by atoms with van der Waals surface area (Å²) in [4.78, 5) is 27.1. The number of tetrazole rings is 1. The molecule has 0 spiro atoms. The van der Waals surface area contributed by atoms with E-state index >= 15 is 0 Å². The van der Waals surface area contributed by atoms with Gasteiger partial charge in [0.1, 0.15) is 0 Å². The Kier molecular flexibility index (Phi) is 5.44. The Bertz CT molecular complexity index is 826. The van der Waals surface area contributed by atoms with Crippen molar-refractivity contribution >= 4 is 29.2 Å². The van der Waals surface area contributed by atoms with Crippen LogP contribution in [0.1, 0.15) is 39.0 Å². The number of rotatable bonds is 3. The molecule has 0 aliphatic heterocycles. The van der Waals surface area contributed by atoms with Crippen molar-refractivity contribution in [2.24, 2.45) is 0 Å². The predicted molar refractivity (Wildman–Crippen MR) is 95.7 cm³/mol. The molecule has 3 rings (SSSR count). The summed E-state index contributed by atoms with van der Waals surface area (Å²) in [5.74, 6) is 0. The predicted octanol–water partition coefficient (Wildman–Crippen LogP) is 3.36. The van der Waals surface area contributed by atoms with Gasteiger partial charge >= 0.3 is 11.7 Å². The number of hydrogen-bond donors (Lipinski definition) is 0. The maximum Gasteiger partial charge on any atom is 0.377 e. The first kappa shape index (κ1) is 17.9. The van der Waals surface area contributed by atoms with E-state index in [0.29, 0.717) is 22.3 Å². The summed E-state index contributed by atoms with van der Waals surface area (Å²) in [6.07, 6.45) is 5.26. The second-order valence-corrected chi connectivity index (χ2v) is 6.88. The zero-order valence-corrected chi connectivity index (χ0v) is 15.4. The Balaban J connectivity index is 1.93. The van der Waals surface area contributed by atoms with E-state index in [1.165, 1.54) is 12.5 Å². The minimum Gasteiger partial charge on any atom is -0.320 e. The van der Waals surface area contributed by atoms with Crippen LogP contribution in [0.5, 0.6) is 0 Å². The van der Waals surface area contributed by atoms with E-state index in [1.54, 1.807) is 17.0 Å². The number of nitrogens with zero attached hydrogens (tertiary/aromatic N) is 5. The summed E-state index contributed by atoms with van der Waals surface area (Å²) in [5, 5.41) is 8.25. The van der Waals surface area contributed by atoms with Gasteiger partial charge in [-0.25, -0.2) is 9.59 Å². The molecule has 1 aromatic heterocycles. The topological polar surface area (TPSA) is 73.0 Å². The molecular weight excluding hydrogens is 365 g/mol. The first-order valence-electron chi connectivity index (χ1n) is 8.34. The molecule has 0 N–H and O–H groups in total. The van der Waals surface area contributed by atoms with Crippen LogP contribution in [0.3, 0.4) is 0 Å². The molecular formula is C16H19Cl2N5O2. The van der Waals surface area contributed by atoms with Crippen molar-refractivity contribution in [2.75, 3.05) is 6.54 Å². The van der Waals surface area contributed by atoms with Gasteiger partial charge in [0, 0.05) is 17.6 Å². The van der Waals surface area contributed by atoms with Gasteiger partial charge in [0.25, 0.3) is 0 Å². The Morgan fingerprint density at radius 1 is 1.24 bits per heavy atom. The number of halogens is 2. The summed E-state index contributed by atoms with van der Waals surface area (Å²) in [5.41, 5.74) is -0.373. The van der Waals surface area contributed by atoms with Gasteiger partial charge in [0.05, 0.1) is 10.7 Å². The molecule has 1 saturated carbocycles. The number of carbonyl (C=O) groups is 1. The number of amides is 1. The molecule has 1 fully saturated rings. The van der Waals surface area contributed by atoms with Crippen molar-refractivity contribution in [3.63, 3.8) is 0 Å². The number of aromatic nitrogens is 4. The van der Waals surface area contributed by atoms with Crippen LogP contribution in [0.4, 0.5) is 4.79 Å². The Labute approximate surface area is 155 Å². The van der Waals surface area contributed by atoms with Crippen molar-refractivity contribution in [1.82, 2.24) is 24.7 Å². The van der Waals surface area contributed by atoms with Gasteiger partial charge in [0.2, 0.25) is 0 Å². The lowest BCUT2D eigenvalue weighted by Crippen LogP contribution is -2.46. The number of hydrogen-bond acceptors (Lipinski definition) is 4. The van der Waals surface area contributed by atoms with Crippen LogP contribution in [0.2, 0.25) is 10.0 Å². The van der Waals surface area contributed by atoms with Crippen molar-refractivity contribution in [3.8, 4) is 5.69 Å². The third kappa shape index (κ3) is 3.57. The fourth-order valence-electron chi connectivity index (χ4n) is 3.23. The second-order valence-electron chi connectivity index (χ2n) is 6.04. The standard InChI is InChI=1S/C16H19Cl2N5O2/c1-2-21(12-6-4-3-5-7-12)15(24)23-16(25)22(19-20-23)14-10-11(17)8-9-13(14)18/h8-10,12H,2-7H2,1H3. The van der Waals surface area contributed by atoms with Crippen LogP contribution in [0, 0.1) is 0 Å². The van der Waals surface area contributed by atoms with E-state index in [9.17, 15) is 9.59 Å². The molecule has 2 aromatic rings. The highest BCUT2D eigenvalue weighted by molar-refractivity contribution is 6.34. The number of benzene rings is 1. The molecule has 1 amide bonds. The molecule has 1 aliphatic rings. The highest BCUT2D eigenvalue weighted by atomic mass is 35.5. The molecule has 9 heteroatoms. The normalized spacial score (nSPS) is 15.3. The third-order valence-corrected chi connectivity index (χ3v) is 5.06. The van der Waals surface area contributed by atoms with Gasteiger partial charge in [-0.2, -0.15) is 4.68 Å². The van der Waals surface area contributed by atoms with Crippen LogP contribution in [0.25, 0.3) is 5.69 Å². The Morgan fingerprint density at radius 3 is 2.64 bits per heavy atom. The van der Waals surface area contributed by atoms with Crippen LogP contribution >= 0.6 is 23.2 Å². The van der Waals surface area contributed by atoms with Crippen LogP contribution in [-0.4, -0.2) is 43.3 Å². The van der Waals surface area contributed by atoms with E-state index in [0.717, 1.165) is 35.0 Å². The second kappa shape index (κ2) is 7.58. The van der Waals surface area contributed by atoms with Crippen molar-refractivity contribution in [1.29, 1.82) is 0 Å². The lowest BCUT2D eigenvalue weighted by atomic mass is 9.94. The molecule has 7 nitrogen and oxygen atoms in total. The van der Waals surface area contributed by atoms with Crippen molar-refractivity contribution in [2.45, 2.75) is 45.1 Å². The molecule has 0 unspecified atom stereocenters. The first-order valence-corrected chi connectivity index (χ1v) is 9.10. The minimum absolute atomic E-state index is 0.137. The SMILES string of the molecule is CCN(C(=O)n1nnn(-c2cc(Cl)ccc2Cl)c1=O)C1CCCCC1. The van der Waals surface area contributed by atoms with Gasteiger partial charge in [-0.3, -0.25) is 0 Å². The molecule has 134 valence electrons. The van der Waals surface area contributed by atoms with E-state index < -0.39 is 11.7 Å². The fourth-order valence-corrected chi connectivity index (χ4v) is 3.59. The highest BCUT2D eigenvalue weighted by Crippen LogP contribution is 2.24. The minimum atomic E-state index is -0.663. The molecule has 1 aliphatic carbocycles. The largest absolute Gasteiger partial charge is 0.377 e. The van der Waals surface area contributed by atoms with Crippen molar-refractivity contribution in [3.05, 3.63) is 38.7 Å². The van der Waals surface area contributed by atoms with E-state index in [2.05, 4.69) is 10.4 Å². The highest BCUT2D eigenvalue weighted by Gasteiger charge is 2.28. The summed E-state index contributed by atoms with van der Waals surface area (Å²) in [6.45, 7) is 2.41. The molecule has 1 aromatic carbocycles. The third-order valence-electron chi connectivity index (χ3n) is 4.50. The van der Waals surface area contributed by atoms with Gasteiger partial charge in [0.15, 0.2) is 0 Å². The summed E-state index contributed by atoms with van der Waals surface area (Å²) in [6, 6.07) is 4.36. The van der Waals surface area contributed by atoms with Crippen LogP contribution in [-0.2, 0) is 0 Å². The summed E-state index contributed by atoms with van der Waals surface area (Å²) in [7, 11) is 0. The average Bonchev–Trinajstić information content (AvgIpc) is 3.00. The monoisotopic (exact) mass is 383 g/mol. The molecule has 25 heavy (non-hydrogen) atoms. The number of carbonyl (C=O) groups excluding carboxylic acids is 1. The summed E-state index contributed by atoms with van der Waals surface area (Å²) < 4.78 is 1.77. The lowest BCUT2D eigenvalue weighted by Gasteiger charge is -2.32. The first-order chi connectivity index (χ1) is 12.0. The molecule has 1 heterocycles. The fraction of sp³-hybridized carbons (Fsp3) is 0.500. The average molecular weight is 384 g/mol. The van der Waals surface area contributed by atoms with E-state index in [4.69, 9.17) is 23.2 Å². The van der Waals surface area contributed by atoms with Gasteiger partial charge < -0.3 is 4.90 Å². The van der Waals surface area contributed by atoms with Crippen LogP contribution < -0.4 is 5.69 Å². The van der Waals surface area contributed by atoms with E-state index in [-0.39, 0.29) is 6.04 Å². The van der Waals surface area contributed by atoms with Gasteiger partial charge in [-0.15, -0.1) is 4.68 Å². The zero-order chi connectivity index (χ0) is 18.0. The summed E-state index contributed by atoms with van der Waals surface area (Å²) >= 11 is 12.1. The maximum absolute atomic E-state index is 12.8. The van der Waals surface area contributed by atoms with Crippen LogP contribution in [0.15, 0.2) is 23.0 Å². The zero-order valence-electron chi connectivity index (χ0n) is 13.9. The van der Waals surface area contributed by atoms with E-state index in [1.807, 2.05) is 6.92 Å². The van der Waals surface area contributed by atoms with Gasteiger partial charge in [-0.05, 0) is 48.4 Å². The Morgan fingerprint density at radius 2 is 1.96 bits per heavy atom. The molecule has 0 atom stereocenters.